The molecule has 96 valence electrons. The van der Waals surface area contributed by atoms with E-state index in [1.807, 2.05) is 0 Å². The number of nitrogens with zero attached hydrogens (tertiary/aromatic N) is 1. The first-order valence-corrected chi connectivity index (χ1v) is 5.84. The highest BCUT2D eigenvalue weighted by Crippen LogP contribution is 2.22. The van der Waals surface area contributed by atoms with Gasteiger partial charge in [0.25, 0.3) is 0 Å². The van der Waals surface area contributed by atoms with E-state index >= 15 is 0 Å². The van der Waals surface area contributed by atoms with Crippen LogP contribution in [-0.4, -0.2) is 0 Å². The zero-order chi connectivity index (χ0) is 13.8. The molecule has 0 saturated carbocycles. The van der Waals surface area contributed by atoms with Crippen molar-refractivity contribution in [2.24, 2.45) is 0 Å². The van der Waals surface area contributed by atoms with Gasteiger partial charge in [0.15, 0.2) is 0 Å². The van der Waals surface area contributed by atoms with Gasteiger partial charge in [0.05, 0.1) is 5.56 Å². The molecule has 2 aromatic rings. The summed E-state index contributed by atoms with van der Waals surface area (Å²) in [6, 6.07) is 10.9. The van der Waals surface area contributed by atoms with Crippen molar-refractivity contribution >= 4 is 17.3 Å². The SMILES string of the molecule is N#Cc1ccc(OCc2cc(N)ccc2Cl)cc1F. The van der Waals surface area contributed by atoms with Gasteiger partial charge < -0.3 is 10.5 Å². The first kappa shape index (κ1) is 13.2. The van der Waals surface area contributed by atoms with E-state index in [4.69, 9.17) is 27.3 Å². The Balaban J connectivity index is 2.13. The average molecular weight is 277 g/mol. The summed E-state index contributed by atoms with van der Waals surface area (Å²) in [5, 5.41) is 9.15. The van der Waals surface area contributed by atoms with E-state index in [0.717, 1.165) is 0 Å². The van der Waals surface area contributed by atoms with Gasteiger partial charge in [-0.05, 0) is 30.3 Å². The van der Waals surface area contributed by atoms with Crippen LogP contribution in [0.2, 0.25) is 5.02 Å². The zero-order valence-corrected chi connectivity index (χ0v) is 10.6. The molecular formula is C14H10ClFN2O. The monoisotopic (exact) mass is 276 g/mol. The summed E-state index contributed by atoms with van der Waals surface area (Å²) >= 11 is 5.99. The lowest BCUT2D eigenvalue weighted by atomic mass is 10.2. The third-order valence-corrected chi connectivity index (χ3v) is 2.89. The Labute approximate surface area is 115 Å². The lowest BCUT2D eigenvalue weighted by Gasteiger charge is -2.09. The number of hydrogen-bond acceptors (Lipinski definition) is 3. The van der Waals surface area contributed by atoms with Gasteiger partial charge in [0.2, 0.25) is 0 Å². The Hall–Kier alpha value is -2.25. The van der Waals surface area contributed by atoms with Crippen LogP contribution in [0.5, 0.6) is 5.75 Å². The molecule has 19 heavy (non-hydrogen) atoms. The summed E-state index contributed by atoms with van der Waals surface area (Å²) in [7, 11) is 0. The summed E-state index contributed by atoms with van der Waals surface area (Å²) < 4.78 is 18.8. The smallest absolute Gasteiger partial charge is 0.144 e. The average Bonchev–Trinajstić information content (AvgIpc) is 2.40. The minimum Gasteiger partial charge on any atom is -0.489 e. The van der Waals surface area contributed by atoms with Crippen molar-refractivity contribution in [1.82, 2.24) is 0 Å². The summed E-state index contributed by atoms with van der Waals surface area (Å²) in [4.78, 5) is 0. The molecule has 0 unspecified atom stereocenters. The fourth-order valence-electron chi connectivity index (χ4n) is 1.54. The standard InChI is InChI=1S/C14H10ClFN2O/c15-13-4-2-11(18)5-10(13)8-19-12-3-1-9(7-17)14(16)6-12/h1-6H,8,18H2. The molecule has 0 spiro atoms. The predicted molar refractivity (Wildman–Crippen MR) is 71.3 cm³/mol. The maximum atomic E-state index is 13.4. The molecular weight excluding hydrogens is 267 g/mol. The number of anilines is 1. The fraction of sp³-hybridized carbons (Fsp3) is 0.0714. The van der Waals surface area contributed by atoms with Crippen molar-refractivity contribution in [3.05, 3.63) is 58.4 Å². The molecule has 0 fully saturated rings. The molecule has 0 atom stereocenters. The van der Waals surface area contributed by atoms with E-state index in [-0.39, 0.29) is 12.2 Å². The molecule has 0 aliphatic heterocycles. The van der Waals surface area contributed by atoms with Gasteiger partial charge in [0, 0.05) is 22.3 Å². The number of halogens is 2. The van der Waals surface area contributed by atoms with E-state index in [1.54, 1.807) is 24.3 Å². The molecule has 0 saturated heterocycles. The fourth-order valence-corrected chi connectivity index (χ4v) is 1.71. The number of benzene rings is 2. The summed E-state index contributed by atoms with van der Waals surface area (Å²) in [5.74, 6) is -0.284. The Morgan fingerprint density at radius 3 is 2.74 bits per heavy atom. The third kappa shape index (κ3) is 3.15. The van der Waals surface area contributed by atoms with Gasteiger partial charge in [-0.25, -0.2) is 4.39 Å². The molecule has 0 bridgehead atoms. The Kier molecular flexibility index (Phi) is 3.88. The third-order valence-electron chi connectivity index (χ3n) is 2.53. The van der Waals surface area contributed by atoms with Gasteiger partial charge in [-0.15, -0.1) is 0 Å². The Morgan fingerprint density at radius 2 is 2.05 bits per heavy atom. The molecule has 0 heterocycles. The lowest BCUT2D eigenvalue weighted by molar-refractivity contribution is 0.304. The highest BCUT2D eigenvalue weighted by atomic mass is 35.5. The maximum Gasteiger partial charge on any atom is 0.144 e. The van der Waals surface area contributed by atoms with Crippen molar-refractivity contribution in [3.8, 4) is 11.8 Å². The van der Waals surface area contributed by atoms with E-state index in [9.17, 15) is 4.39 Å². The van der Waals surface area contributed by atoms with Gasteiger partial charge in [-0.3, -0.25) is 0 Å². The summed E-state index contributed by atoms with van der Waals surface area (Å²) in [5.41, 5.74) is 6.92. The van der Waals surface area contributed by atoms with Crippen molar-refractivity contribution < 1.29 is 9.13 Å². The van der Waals surface area contributed by atoms with Crippen molar-refractivity contribution in [3.63, 3.8) is 0 Å². The Morgan fingerprint density at radius 1 is 1.26 bits per heavy atom. The maximum absolute atomic E-state index is 13.4. The van der Waals surface area contributed by atoms with Crippen LogP contribution in [0, 0.1) is 17.1 Å². The highest BCUT2D eigenvalue weighted by molar-refractivity contribution is 6.31. The summed E-state index contributed by atoms with van der Waals surface area (Å²) in [6.07, 6.45) is 0. The quantitative estimate of drug-likeness (QED) is 0.873. The first-order valence-electron chi connectivity index (χ1n) is 5.46. The molecule has 2 rings (SSSR count). The van der Waals surface area contributed by atoms with E-state index < -0.39 is 5.82 Å². The van der Waals surface area contributed by atoms with Crippen LogP contribution >= 0.6 is 11.6 Å². The van der Waals surface area contributed by atoms with Crippen LogP contribution in [0.15, 0.2) is 36.4 Å². The number of ether oxygens (including phenoxy) is 1. The van der Waals surface area contributed by atoms with Crippen molar-refractivity contribution in [2.75, 3.05) is 5.73 Å². The van der Waals surface area contributed by atoms with Gasteiger partial charge in [-0.2, -0.15) is 5.26 Å². The molecule has 5 heteroatoms. The predicted octanol–water partition coefficient (Wildman–Crippen LogP) is 3.51. The number of nitrogen functional groups attached to an aromatic ring is 1. The normalized spacial score (nSPS) is 9.95. The van der Waals surface area contributed by atoms with Gasteiger partial charge >= 0.3 is 0 Å². The van der Waals surface area contributed by atoms with Crippen LogP contribution in [-0.2, 0) is 6.61 Å². The lowest BCUT2D eigenvalue weighted by Crippen LogP contribution is -1.98. The molecule has 0 radical (unpaired) electrons. The van der Waals surface area contributed by atoms with Crippen LogP contribution in [0.3, 0.4) is 0 Å². The second-order valence-corrected chi connectivity index (χ2v) is 4.30. The molecule has 2 N–H and O–H groups in total. The van der Waals surface area contributed by atoms with Crippen molar-refractivity contribution in [2.45, 2.75) is 6.61 Å². The minimum absolute atomic E-state index is 0.0191. The topological polar surface area (TPSA) is 59.0 Å². The second-order valence-electron chi connectivity index (χ2n) is 3.89. The molecule has 0 amide bonds. The van der Waals surface area contributed by atoms with Crippen LogP contribution < -0.4 is 10.5 Å². The molecule has 0 aliphatic carbocycles. The number of nitriles is 1. The van der Waals surface area contributed by atoms with E-state index in [0.29, 0.717) is 22.0 Å². The van der Waals surface area contributed by atoms with Gasteiger partial charge in [0.1, 0.15) is 24.2 Å². The van der Waals surface area contributed by atoms with Crippen LogP contribution in [0.25, 0.3) is 0 Å². The highest BCUT2D eigenvalue weighted by Gasteiger charge is 2.05. The number of nitrogens with two attached hydrogens (primary N) is 1. The van der Waals surface area contributed by atoms with Crippen molar-refractivity contribution in [1.29, 1.82) is 5.26 Å². The molecule has 3 nitrogen and oxygen atoms in total. The first-order chi connectivity index (χ1) is 9.10. The second kappa shape index (κ2) is 5.59. The van der Waals surface area contributed by atoms with E-state index in [2.05, 4.69) is 0 Å². The van der Waals surface area contributed by atoms with E-state index in [1.165, 1.54) is 18.2 Å². The Bertz CT molecular complexity index is 652. The van der Waals surface area contributed by atoms with Gasteiger partial charge in [-0.1, -0.05) is 11.6 Å². The molecule has 0 aromatic heterocycles. The summed E-state index contributed by atoms with van der Waals surface area (Å²) in [6.45, 7) is 0.176. The largest absolute Gasteiger partial charge is 0.489 e. The molecule has 2 aromatic carbocycles. The number of hydrogen-bond donors (Lipinski definition) is 1. The van der Waals surface area contributed by atoms with Crippen LogP contribution in [0.4, 0.5) is 10.1 Å². The number of rotatable bonds is 3. The van der Waals surface area contributed by atoms with Crippen LogP contribution in [0.1, 0.15) is 11.1 Å². The minimum atomic E-state index is -0.612. The molecule has 0 aliphatic rings. The zero-order valence-electron chi connectivity index (χ0n) is 9.86.